The number of hydrogen-bond acceptors (Lipinski definition) is 3. The fraction of sp³-hybridized carbons (Fsp3) is 0.125. The summed E-state index contributed by atoms with van der Waals surface area (Å²) in [7, 11) is 0. The Kier molecular flexibility index (Phi) is 2.79. The van der Waals surface area contributed by atoms with E-state index in [2.05, 4.69) is 14.7 Å². The molecule has 2 aromatic rings. The zero-order chi connectivity index (χ0) is 12.6. The number of benzene rings is 1. The van der Waals surface area contributed by atoms with Crippen molar-refractivity contribution in [2.24, 2.45) is 0 Å². The van der Waals surface area contributed by atoms with Crippen molar-refractivity contribution in [3.05, 3.63) is 18.2 Å². The third-order valence-corrected chi connectivity index (χ3v) is 2.35. The highest BCUT2D eigenvalue weighted by molar-refractivity contribution is 7.79. The maximum Gasteiger partial charge on any atom is 0.573 e. The monoisotopic (exact) mass is 266 g/mol. The molecule has 0 radical (unpaired) electrons. The average molecular weight is 266 g/mol. The number of fused-ring (bicyclic) bond motifs is 1. The quantitative estimate of drug-likeness (QED) is 0.816. The van der Waals surface area contributed by atoms with E-state index < -0.39 is 23.2 Å². The van der Waals surface area contributed by atoms with Crippen molar-refractivity contribution in [3.63, 3.8) is 0 Å². The van der Waals surface area contributed by atoms with Gasteiger partial charge < -0.3 is 9.72 Å². The number of nitrogens with zero attached hydrogens (tertiary/aromatic N) is 1. The molecule has 9 heteroatoms. The van der Waals surface area contributed by atoms with E-state index >= 15 is 0 Å². The standard InChI is InChI=1S/C8H5F3N2O3S/c9-8(10,11)16-4-1-2-5-6(3-4)13-7(12-5)17(14)15/h1-3H,(H,12,13)(H,14,15). The Balaban J connectivity index is 2.40. The largest absolute Gasteiger partial charge is 0.573 e. The van der Waals surface area contributed by atoms with E-state index in [-0.39, 0.29) is 16.2 Å². The summed E-state index contributed by atoms with van der Waals surface area (Å²) in [6.07, 6.45) is -4.78. The van der Waals surface area contributed by atoms with E-state index in [9.17, 15) is 17.4 Å². The molecule has 2 N–H and O–H groups in total. The van der Waals surface area contributed by atoms with Gasteiger partial charge in [0, 0.05) is 6.07 Å². The predicted molar refractivity (Wildman–Crippen MR) is 51.8 cm³/mol. The minimum Gasteiger partial charge on any atom is -0.406 e. The number of hydrogen-bond donors (Lipinski definition) is 2. The Morgan fingerprint density at radius 1 is 1.41 bits per heavy atom. The summed E-state index contributed by atoms with van der Waals surface area (Å²) in [6, 6.07) is 3.37. The predicted octanol–water partition coefficient (Wildman–Crippen LogP) is 2.04. The second-order valence-electron chi connectivity index (χ2n) is 3.02. The Bertz CT molecular complexity index is 581. The van der Waals surface area contributed by atoms with Gasteiger partial charge in [-0.1, -0.05) is 0 Å². The van der Waals surface area contributed by atoms with Gasteiger partial charge in [-0.2, -0.15) is 0 Å². The van der Waals surface area contributed by atoms with Crippen LogP contribution in [0.2, 0.25) is 0 Å². The molecule has 0 aliphatic heterocycles. The molecule has 0 spiro atoms. The van der Waals surface area contributed by atoms with Gasteiger partial charge in [-0.3, -0.25) is 4.55 Å². The molecule has 0 bridgehead atoms. The van der Waals surface area contributed by atoms with Gasteiger partial charge in [0.15, 0.2) is 0 Å². The third kappa shape index (κ3) is 2.74. The number of halogens is 3. The first kappa shape index (κ1) is 11.9. The number of H-pyrrole nitrogens is 1. The lowest BCUT2D eigenvalue weighted by Crippen LogP contribution is -2.16. The van der Waals surface area contributed by atoms with Gasteiger partial charge in [0.05, 0.1) is 11.0 Å². The molecule has 1 aromatic heterocycles. The lowest BCUT2D eigenvalue weighted by Gasteiger charge is -2.07. The van der Waals surface area contributed by atoms with E-state index in [1.54, 1.807) is 0 Å². The molecule has 1 atom stereocenters. The van der Waals surface area contributed by atoms with Crippen LogP contribution in [0.3, 0.4) is 0 Å². The SMILES string of the molecule is O=S(O)c1nc2ccc(OC(F)(F)F)cc2[nH]1. The number of aromatic amines is 1. The minimum absolute atomic E-state index is 0.184. The molecular formula is C8H5F3N2O3S. The van der Waals surface area contributed by atoms with E-state index in [1.165, 1.54) is 6.07 Å². The Hall–Kier alpha value is -1.61. The van der Waals surface area contributed by atoms with Gasteiger partial charge in [0.25, 0.3) is 0 Å². The van der Waals surface area contributed by atoms with Crippen LogP contribution < -0.4 is 4.74 Å². The summed E-state index contributed by atoms with van der Waals surface area (Å²) < 4.78 is 58.9. The molecule has 1 unspecified atom stereocenters. The molecule has 0 aliphatic rings. The van der Waals surface area contributed by atoms with Crippen molar-refractivity contribution >= 4 is 22.1 Å². The van der Waals surface area contributed by atoms with Crippen LogP contribution in [0.15, 0.2) is 23.4 Å². The van der Waals surface area contributed by atoms with Crippen LogP contribution in [0.25, 0.3) is 11.0 Å². The minimum atomic E-state index is -4.78. The lowest BCUT2D eigenvalue weighted by molar-refractivity contribution is -0.274. The van der Waals surface area contributed by atoms with Crippen molar-refractivity contribution in [3.8, 4) is 5.75 Å². The zero-order valence-electron chi connectivity index (χ0n) is 7.99. The molecule has 1 aromatic carbocycles. The number of alkyl halides is 3. The maximum atomic E-state index is 11.9. The van der Waals surface area contributed by atoms with Crippen molar-refractivity contribution in [1.82, 2.24) is 9.97 Å². The van der Waals surface area contributed by atoms with E-state index in [0.29, 0.717) is 0 Å². The number of rotatable bonds is 2. The maximum absolute atomic E-state index is 11.9. The van der Waals surface area contributed by atoms with Crippen molar-refractivity contribution in [1.29, 1.82) is 0 Å². The second-order valence-corrected chi connectivity index (χ2v) is 3.90. The first-order valence-electron chi connectivity index (χ1n) is 4.21. The van der Waals surface area contributed by atoms with Gasteiger partial charge in [0.2, 0.25) is 16.2 Å². The molecule has 5 nitrogen and oxygen atoms in total. The van der Waals surface area contributed by atoms with Crippen molar-refractivity contribution in [2.75, 3.05) is 0 Å². The number of aromatic nitrogens is 2. The van der Waals surface area contributed by atoms with Crippen LogP contribution >= 0.6 is 0 Å². The Morgan fingerprint density at radius 2 is 2.12 bits per heavy atom. The van der Waals surface area contributed by atoms with Crippen LogP contribution in [-0.2, 0) is 11.1 Å². The number of ether oxygens (including phenoxy) is 1. The van der Waals surface area contributed by atoms with E-state index in [1.807, 2.05) is 0 Å². The van der Waals surface area contributed by atoms with Gasteiger partial charge >= 0.3 is 6.36 Å². The lowest BCUT2D eigenvalue weighted by atomic mass is 10.3. The Morgan fingerprint density at radius 3 is 2.71 bits per heavy atom. The van der Waals surface area contributed by atoms with Crippen LogP contribution in [0.1, 0.15) is 0 Å². The Labute approximate surface area is 94.9 Å². The fourth-order valence-electron chi connectivity index (χ4n) is 1.25. The molecule has 17 heavy (non-hydrogen) atoms. The van der Waals surface area contributed by atoms with Crippen LogP contribution in [0.5, 0.6) is 5.75 Å². The van der Waals surface area contributed by atoms with Crippen LogP contribution in [-0.4, -0.2) is 25.1 Å². The molecule has 92 valence electrons. The highest BCUT2D eigenvalue weighted by Gasteiger charge is 2.31. The summed E-state index contributed by atoms with van der Waals surface area (Å²) in [4.78, 5) is 6.12. The smallest absolute Gasteiger partial charge is 0.406 e. The molecular weight excluding hydrogens is 261 g/mol. The highest BCUT2D eigenvalue weighted by Crippen LogP contribution is 2.25. The van der Waals surface area contributed by atoms with Gasteiger partial charge in [-0.25, -0.2) is 9.19 Å². The first-order chi connectivity index (χ1) is 7.85. The molecule has 0 amide bonds. The molecule has 0 aliphatic carbocycles. The molecule has 0 saturated heterocycles. The van der Waals surface area contributed by atoms with E-state index in [0.717, 1.165) is 12.1 Å². The van der Waals surface area contributed by atoms with Crippen LogP contribution in [0, 0.1) is 0 Å². The summed E-state index contributed by atoms with van der Waals surface area (Å²) >= 11 is -2.32. The summed E-state index contributed by atoms with van der Waals surface area (Å²) in [5.74, 6) is -0.427. The first-order valence-corrected chi connectivity index (χ1v) is 5.32. The molecule has 2 rings (SSSR count). The van der Waals surface area contributed by atoms with Crippen molar-refractivity contribution < 1.29 is 26.7 Å². The highest BCUT2D eigenvalue weighted by atomic mass is 32.2. The summed E-state index contributed by atoms with van der Waals surface area (Å²) in [5.41, 5.74) is 0.459. The van der Waals surface area contributed by atoms with Gasteiger partial charge in [-0.05, 0) is 12.1 Å². The normalized spacial score (nSPS) is 13.9. The number of imidazole rings is 1. The second kappa shape index (κ2) is 4.00. The zero-order valence-corrected chi connectivity index (χ0v) is 8.80. The molecule has 0 fully saturated rings. The van der Waals surface area contributed by atoms with Gasteiger partial charge in [0.1, 0.15) is 5.75 Å². The fourth-order valence-corrected chi connectivity index (χ4v) is 1.62. The average Bonchev–Trinajstić information content (AvgIpc) is 2.57. The van der Waals surface area contributed by atoms with E-state index in [4.69, 9.17) is 4.55 Å². The third-order valence-electron chi connectivity index (χ3n) is 1.83. The van der Waals surface area contributed by atoms with Crippen molar-refractivity contribution in [2.45, 2.75) is 11.5 Å². The molecule has 0 saturated carbocycles. The topological polar surface area (TPSA) is 75.2 Å². The summed E-state index contributed by atoms with van der Waals surface area (Å²) in [6.45, 7) is 0. The van der Waals surface area contributed by atoms with Gasteiger partial charge in [-0.15, -0.1) is 13.2 Å². The summed E-state index contributed by atoms with van der Waals surface area (Å²) in [5, 5.41) is -0.232. The molecule has 1 heterocycles. The van der Waals surface area contributed by atoms with Crippen LogP contribution in [0.4, 0.5) is 13.2 Å². The number of nitrogens with one attached hydrogen (secondary N) is 1.